The quantitative estimate of drug-likeness (QED) is 0.722. The molecule has 122 valence electrons. The van der Waals surface area contributed by atoms with Crippen LogP contribution in [-0.4, -0.2) is 38.4 Å². The number of rotatable bonds is 5. The Morgan fingerprint density at radius 1 is 1.25 bits per heavy atom. The third-order valence-corrected chi connectivity index (χ3v) is 4.05. The van der Waals surface area contributed by atoms with Crippen molar-refractivity contribution in [2.24, 2.45) is 0 Å². The smallest absolute Gasteiger partial charge is 0.336 e. The SMILES string of the molecule is COc1ccc(Cn2nnc(-c3ccc(C(=O)O)c(Br)c3)n2)cc1. The minimum atomic E-state index is -0.996. The number of benzene rings is 2. The molecule has 0 aliphatic carbocycles. The van der Waals surface area contributed by atoms with E-state index < -0.39 is 5.97 Å². The van der Waals surface area contributed by atoms with Crippen LogP contribution in [-0.2, 0) is 6.54 Å². The molecular formula is C16H13BrN4O3. The van der Waals surface area contributed by atoms with Gasteiger partial charge >= 0.3 is 5.97 Å². The summed E-state index contributed by atoms with van der Waals surface area (Å²) in [6.07, 6.45) is 0. The summed E-state index contributed by atoms with van der Waals surface area (Å²) in [5, 5.41) is 21.4. The van der Waals surface area contributed by atoms with Crippen molar-refractivity contribution in [1.82, 2.24) is 20.2 Å². The first-order valence-electron chi connectivity index (χ1n) is 7.01. The van der Waals surface area contributed by atoms with Crippen LogP contribution in [0.1, 0.15) is 15.9 Å². The molecule has 3 aromatic rings. The molecule has 0 spiro atoms. The number of aromatic carboxylic acids is 1. The molecule has 1 N–H and O–H groups in total. The maximum Gasteiger partial charge on any atom is 0.336 e. The lowest BCUT2D eigenvalue weighted by atomic mass is 10.1. The van der Waals surface area contributed by atoms with E-state index in [0.717, 1.165) is 11.3 Å². The Bertz CT molecular complexity index is 877. The average Bonchev–Trinajstić information content (AvgIpc) is 3.03. The highest BCUT2D eigenvalue weighted by molar-refractivity contribution is 9.10. The Labute approximate surface area is 146 Å². The fourth-order valence-electron chi connectivity index (χ4n) is 2.15. The van der Waals surface area contributed by atoms with Gasteiger partial charge in [-0.1, -0.05) is 18.2 Å². The van der Waals surface area contributed by atoms with E-state index in [-0.39, 0.29) is 5.56 Å². The summed E-state index contributed by atoms with van der Waals surface area (Å²) < 4.78 is 5.59. The summed E-state index contributed by atoms with van der Waals surface area (Å²) in [6, 6.07) is 12.4. The lowest BCUT2D eigenvalue weighted by molar-refractivity contribution is 0.0696. The van der Waals surface area contributed by atoms with Crippen LogP contribution in [0.15, 0.2) is 46.9 Å². The maximum atomic E-state index is 11.0. The molecule has 0 amide bonds. The van der Waals surface area contributed by atoms with Crippen molar-refractivity contribution in [3.8, 4) is 17.1 Å². The first-order chi connectivity index (χ1) is 11.6. The van der Waals surface area contributed by atoms with Gasteiger partial charge in [0, 0.05) is 10.0 Å². The van der Waals surface area contributed by atoms with Crippen molar-refractivity contribution in [2.75, 3.05) is 7.11 Å². The van der Waals surface area contributed by atoms with Crippen LogP contribution in [0.3, 0.4) is 0 Å². The van der Waals surface area contributed by atoms with E-state index in [1.54, 1.807) is 19.2 Å². The van der Waals surface area contributed by atoms with Crippen molar-refractivity contribution in [3.05, 3.63) is 58.1 Å². The van der Waals surface area contributed by atoms with Gasteiger partial charge in [0.1, 0.15) is 5.75 Å². The van der Waals surface area contributed by atoms with Crippen LogP contribution in [0.25, 0.3) is 11.4 Å². The van der Waals surface area contributed by atoms with Crippen molar-refractivity contribution >= 4 is 21.9 Å². The summed E-state index contributed by atoms with van der Waals surface area (Å²) in [5.41, 5.74) is 1.89. The molecule has 7 nitrogen and oxygen atoms in total. The number of carboxylic acid groups (broad SMARTS) is 1. The van der Waals surface area contributed by atoms with Gasteiger partial charge in [0.05, 0.1) is 19.2 Å². The Morgan fingerprint density at radius 2 is 2.00 bits per heavy atom. The minimum absolute atomic E-state index is 0.185. The highest BCUT2D eigenvalue weighted by Gasteiger charge is 2.12. The van der Waals surface area contributed by atoms with Gasteiger partial charge in [-0.05, 0) is 51.0 Å². The zero-order valence-electron chi connectivity index (χ0n) is 12.7. The van der Waals surface area contributed by atoms with Gasteiger partial charge in [-0.15, -0.1) is 10.2 Å². The molecule has 2 aromatic carbocycles. The second-order valence-electron chi connectivity index (χ2n) is 4.99. The second-order valence-corrected chi connectivity index (χ2v) is 5.85. The largest absolute Gasteiger partial charge is 0.497 e. The van der Waals surface area contributed by atoms with Crippen LogP contribution in [0.2, 0.25) is 0 Å². The number of nitrogens with zero attached hydrogens (tertiary/aromatic N) is 4. The van der Waals surface area contributed by atoms with Crippen molar-refractivity contribution in [3.63, 3.8) is 0 Å². The van der Waals surface area contributed by atoms with Crippen LogP contribution >= 0.6 is 15.9 Å². The molecule has 3 rings (SSSR count). The van der Waals surface area contributed by atoms with Crippen LogP contribution in [0.5, 0.6) is 5.75 Å². The maximum absolute atomic E-state index is 11.0. The number of carbonyl (C=O) groups is 1. The molecule has 0 bridgehead atoms. The van der Waals surface area contributed by atoms with Gasteiger partial charge in [-0.2, -0.15) is 4.80 Å². The highest BCUT2D eigenvalue weighted by Crippen LogP contribution is 2.23. The van der Waals surface area contributed by atoms with Gasteiger partial charge in [0.15, 0.2) is 0 Å². The Hall–Kier alpha value is -2.74. The molecule has 1 heterocycles. The Balaban J connectivity index is 1.79. The predicted molar refractivity (Wildman–Crippen MR) is 90.0 cm³/mol. The second kappa shape index (κ2) is 6.79. The highest BCUT2D eigenvalue weighted by atomic mass is 79.9. The number of halogens is 1. The van der Waals surface area contributed by atoms with Gasteiger partial charge in [0.2, 0.25) is 5.82 Å². The molecular weight excluding hydrogens is 376 g/mol. The fraction of sp³-hybridized carbons (Fsp3) is 0.125. The Kier molecular flexibility index (Phi) is 4.57. The summed E-state index contributed by atoms with van der Waals surface area (Å²) in [7, 11) is 1.62. The molecule has 0 fully saturated rings. The third-order valence-electron chi connectivity index (χ3n) is 3.39. The Morgan fingerprint density at radius 3 is 2.62 bits per heavy atom. The minimum Gasteiger partial charge on any atom is -0.497 e. The molecule has 0 radical (unpaired) electrons. The summed E-state index contributed by atoms with van der Waals surface area (Å²) in [4.78, 5) is 12.5. The zero-order chi connectivity index (χ0) is 17.1. The van der Waals surface area contributed by atoms with E-state index in [2.05, 4.69) is 31.3 Å². The van der Waals surface area contributed by atoms with Gasteiger partial charge in [-0.3, -0.25) is 0 Å². The molecule has 0 saturated heterocycles. The third kappa shape index (κ3) is 3.43. The number of hydrogen-bond donors (Lipinski definition) is 1. The van der Waals surface area contributed by atoms with Crippen LogP contribution in [0.4, 0.5) is 0 Å². The molecule has 24 heavy (non-hydrogen) atoms. The number of carboxylic acids is 1. The molecule has 1 aromatic heterocycles. The zero-order valence-corrected chi connectivity index (χ0v) is 14.3. The summed E-state index contributed by atoms with van der Waals surface area (Å²) in [5.74, 6) is 0.222. The van der Waals surface area contributed by atoms with Gasteiger partial charge < -0.3 is 9.84 Å². The van der Waals surface area contributed by atoms with Crippen molar-refractivity contribution < 1.29 is 14.6 Å². The molecule has 0 atom stereocenters. The molecule has 0 aliphatic rings. The average molecular weight is 389 g/mol. The van der Waals surface area contributed by atoms with E-state index >= 15 is 0 Å². The molecule has 0 aliphatic heterocycles. The van der Waals surface area contributed by atoms with Crippen LogP contribution in [0, 0.1) is 0 Å². The standard InChI is InChI=1S/C16H13BrN4O3/c1-24-12-5-2-10(3-6-12)9-21-19-15(18-20-21)11-4-7-13(16(22)23)14(17)8-11/h2-8H,9H2,1H3,(H,22,23). The van der Waals surface area contributed by atoms with Crippen LogP contribution < -0.4 is 4.74 Å². The first kappa shape index (κ1) is 16.1. The van der Waals surface area contributed by atoms with Gasteiger partial charge in [0.25, 0.3) is 0 Å². The first-order valence-corrected chi connectivity index (χ1v) is 7.80. The van der Waals surface area contributed by atoms with Crippen molar-refractivity contribution in [1.29, 1.82) is 0 Å². The number of hydrogen-bond acceptors (Lipinski definition) is 5. The van der Waals surface area contributed by atoms with Gasteiger partial charge in [-0.25, -0.2) is 4.79 Å². The van der Waals surface area contributed by atoms with E-state index in [9.17, 15) is 4.79 Å². The number of ether oxygens (including phenoxy) is 1. The monoisotopic (exact) mass is 388 g/mol. The topological polar surface area (TPSA) is 90.1 Å². The van der Waals surface area contributed by atoms with E-state index in [0.29, 0.717) is 22.4 Å². The van der Waals surface area contributed by atoms with E-state index in [4.69, 9.17) is 9.84 Å². The van der Waals surface area contributed by atoms with Crippen molar-refractivity contribution in [2.45, 2.75) is 6.54 Å². The fourth-order valence-corrected chi connectivity index (χ4v) is 2.70. The van der Waals surface area contributed by atoms with E-state index in [1.165, 1.54) is 10.9 Å². The number of aromatic nitrogens is 4. The number of methoxy groups -OCH3 is 1. The molecule has 8 heteroatoms. The predicted octanol–water partition coefficient (Wildman–Crippen LogP) is 2.86. The van der Waals surface area contributed by atoms with E-state index in [1.807, 2.05) is 24.3 Å². The lowest BCUT2D eigenvalue weighted by Crippen LogP contribution is -2.04. The normalized spacial score (nSPS) is 10.6. The summed E-state index contributed by atoms with van der Waals surface area (Å²) in [6.45, 7) is 0.478. The summed E-state index contributed by atoms with van der Waals surface area (Å²) >= 11 is 3.24. The molecule has 0 saturated carbocycles. The lowest BCUT2D eigenvalue weighted by Gasteiger charge is -2.02. The molecule has 0 unspecified atom stereocenters. The number of tetrazole rings is 1.